The number of aryl methyl sites for hydroxylation is 1. The molecule has 1 aliphatic heterocycles. The highest BCUT2D eigenvalue weighted by Crippen LogP contribution is 2.31. The maximum Gasteiger partial charge on any atom is 0.158 e. The summed E-state index contributed by atoms with van der Waals surface area (Å²) in [5.74, 6) is 1.19. The Morgan fingerprint density at radius 1 is 1.06 bits per heavy atom. The molecule has 2 heterocycles. The van der Waals surface area contributed by atoms with Gasteiger partial charge < -0.3 is 9.80 Å². The molecule has 1 saturated heterocycles. The fraction of sp³-hybridized carbons (Fsp3) is 0.643. The van der Waals surface area contributed by atoms with Crippen molar-refractivity contribution >= 4 is 11.9 Å². The second-order valence-corrected chi connectivity index (χ2v) is 5.59. The van der Waals surface area contributed by atoms with Crippen LogP contribution in [0.4, 0.5) is 5.82 Å². The SMILES string of the molecule is CC1=Cc2c(N3CCN(C)CC3)nn(C)c2CC1. The molecule has 2 aliphatic rings. The summed E-state index contributed by atoms with van der Waals surface area (Å²) in [5.41, 5.74) is 4.24. The lowest BCUT2D eigenvalue weighted by Gasteiger charge is -2.33. The molecule has 4 nitrogen and oxygen atoms in total. The van der Waals surface area contributed by atoms with Crippen molar-refractivity contribution in [1.82, 2.24) is 14.7 Å². The molecule has 0 aromatic carbocycles. The first-order valence-corrected chi connectivity index (χ1v) is 6.81. The first-order valence-electron chi connectivity index (χ1n) is 6.81. The summed E-state index contributed by atoms with van der Waals surface area (Å²) in [5, 5.41) is 4.75. The molecule has 1 aromatic heterocycles. The summed E-state index contributed by atoms with van der Waals surface area (Å²) in [7, 11) is 4.27. The third-order valence-corrected chi connectivity index (χ3v) is 4.14. The Kier molecular flexibility index (Phi) is 2.90. The normalized spacial score (nSPS) is 20.8. The Morgan fingerprint density at radius 3 is 2.50 bits per heavy atom. The quantitative estimate of drug-likeness (QED) is 0.751. The molecule has 0 spiro atoms. The smallest absolute Gasteiger partial charge is 0.158 e. The van der Waals surface area contributed by atoms with Gasteiger partial charge in [0.05, 0.1) is 0 Å². The van der Waals surface area contributed by atoms with E-state index in [-0.39, 0.29) is 0 Å². The number of allylic oxidation sites excluding steroid dienone is 1. The van der Waals surface area contributed by atoms with Gasteiger partial charge in [-0.15, -0.1) is 0 Å². The molecule has 0 radical (unpaired) electrons. The monoisotopic (exact) mass is 246 g/mol. The van der Waals surface area contributed by atoms with E-state index in [1.165, 1.54) is 29.1 Å². The molecule has 1 fully saturated rings. The zero-order chi connectivity index (χ0) is 12.7. The van der Waals surface area contributed by atoms with Crippen molar-refractivity contribution in [3.8, 4) is 0 Å². The van der Waals surface area contributed by atoms with Gasteiger partial charge in [-0.05, 0) is 26.8 Å². The zero-order valence-electron chi connectivity index (χ0n) is 11.6. The molecule has 0 amide bonds. The maximum absolute atomic E-state index is 4.75. The van der Waals surface area contributed by atoms with Gasteiger partial charge in [0.25, 0.3) is 0 Å². The molecule has 0 bridgehead atoms. The number of rotatable bonds is 1. The van der Waals surface area contributed by atoms with Crippen LogP contribution < -0.4 is 4.90 Å². The largest absolute Gasteiger partial charge is 0.352 e. The van der Waals surface area contributed by atoms with Crippen LogP contribution in [0.25, 0.3) is 6.08 Å². The van der Waals surface area contributed by atoms with Crippen molar-refractivity contribution < 1.29 is 0 Å². The standard InChI is InChI=1S/C14H22N4/c1-11-4-5-13-12(10-11)14(15-17(13)3)18-8-6-16(2)7-9-18/h10H,4-9H2,1-3H3. The lowest BCUT2D eigenvalue weighted by molar-refractivity contribution is 0.312. The number of aromatic nitrogens is 2. The van der Waals surface area contributed by atoms with Crippen molar-refractivity contribution in [3.63, 3.8) is 0 Å². The predicted octanol–water partition coefficient (Wildman–Crippen LogP) is 1.52. The average Bonchev–Trinajstić information content (AvgIpc) is 2.67. The third kappa shape index (κ3) is 1.94. The second-order valence-electron chi connectivity index (χ2n) is 5.59. The predicted molar refractivity (Wildman–Crippen MR) is 74.9 cm³/mol. The summed E-state index contributed by atoms with van der Waals surface area (Å²) in [6.07, 6.45) is 4.64. The molecule has 0 unspecified atom stereocenters. The number of nitrogens with zero attached hydrogens (tertiary/aromatic N) is 4. The van der Waals surface area contributed by atoms with Crippen LogP contribution in [0.3, 0.4) is 0 Å². The van der Waals surface area contributed by atoms with Gasteiger partial charge in [-0.3, -0.25) is 4.68 Å². The van der Waals surface area contributed by atoms with Crippen LogP contribution in [-0.2, 0) is 13.5 Å². The lowest BCUT2D eigenvalue weighted by Crippen LogP contribution is -2.45. The Labute approximate surface area is 109 Å². The van der Waals surface area contributed by atoms with Crippen LogP contribution in [0.5, 0.6) is 0 Å². The van der Waals surface area contributed by atoms with Gasteiger partial charge in [0, 0.05) is 44.5 Å². The van der Waals surface area contributed by atoms with Crippen LogP contribution in [0.2, 0.25) is 0 Å². The molecule has 0 N–H and O–H groups in total. The van der Waals surface area contributed by atoms with Crippen LogP contribution in [-0.4, -0.2) is 47.9 Å². The van der Waals surface area contributed by atoms with E-state index in [9.17, 15) is 0 Å². The van der Waals surface area contributed by atoms with E-state index < -0.39 is 0 Å². The third-order valence-electron chi connectivity index (χ3n) is 4.14. The molecule has 3 rings (SSSR count). The van der Waals surface area contributed by atoms with Crippen LogP contribution >= 0.6 is 0 Å². The summed E-state index contributed by atoms with van der Waals surface area (Å²) in [4.78, 5) is 4.82. The van der Waals surface area contributed by atoms with E-state index in [1.54, 1.807) is 0 Å². The minimum Gasteiger partial charge on any atom is -0.352 e. The summed E-state index contributed by atoms with van der Waals surface area (Å²) < 4.78 is 2.08. The first-order chi connectivity index (χ1) is 8.65. The minimum absolute atomic E-state index is 1.09. The highest BCUT2D eigenvalue weighted by molar-refractivity contribution is 5.70. The number of piperazine rings is 1. The molecule has 1 aliphatic carbocycles. The maximum atomic E-state index is 4.75. The molecular formula is C14H22N4. The van der Waals surface area contributed by atoms with E-state index in [1.807, 2.05) is 0 Å². The second kappa shape index (κ2) is 4.43. The highest BCUT2D eigenvalue weighted by atomic mass is 15.4. The van der Waals surface area contributed by atoms with Gasteiger partial charge in [-0.2, -0.15) is 5.10 Å². The Balaban J connectivity index is 1.94. The highest BCUT2D eigenvalue weighted by Gasteiger charge is 2.24. The molecule has 18 heavy (non-hydrogen) atoms. The number of hydrogen-bond acceptors (Lipinski definition) is 3. The topological polar surface area (TPSA) is 24.3 Å². The average molecular weight is 246 g/mol. The van der Waals surface area contributed by atoms with Crippen LogP contribution in [0.15, 0.2) is 5.57 Å². The van der Waals surface area contributed by atoms with Crippen LogP contribution in [0, 0.1) is 0 Å². The summed E-state index contributed by atoms with van der Waals surface area (Å²) in [6, 6.07) is 0. The van der Waals surface area contributed by atoms with E-state index in [2.05, 4.69) is 41.6 Å². The number of anilines is 1. The Morgan fingerprint density at radius 2 is 1.78 bits per heavy atom. The molecule has 0 saturated carbocycles. The van der Waals surface area contributed by atoms with Gasteiger partial charge >= 0.3 is 0 Å². The molecule has 98 valence electrons. The Hall–Kier alpha value is -1.29. The van der Waals surface area contributed by atoms with Crippen molar-refractivity contribution in [2.24, 2.45) is 7.05 Å². The van der Waals surface area contributed by atoms with Gasteiger partial charge in [0.2, 0.25) is 0 Å². The lowest BCUT2D eigenvalue weighted by atomic mass is 9.98. The molecular weight excluding hydrogens is 224 g/mol. The van der Waals surface area contributed by atoms with E-state index in [4.69, 9.17) is 5.10 Å². The number of hydrogen-bond donors (Lipinski definition) is 0. The number of fused-ring (bicyclic) bond motifs is 1. The van der Waals surface area contributed by atoms with E-state index in [0.29, 0.717) is 0 Å². The number of likely N-dealkylation sites (N-methyl/N-ethyl adjacent to an activating group) is 1. The molecule has 4 heteroatoms. The van der Waals surface area contributed by atoms with Crippen molar-refractivity contribution in [2.75, 3.05) is 38.1 Å². The van der Waals surface area contributed by atoms with Crippen molar-refractivity contribution in [2.45, 2.75) is 19.8 Å². The van der Waals surface area contributed by atoms with Crippen molar-refractivity contribution in [1.29, 1.82) is 0 Å². The van der Waals surface area contributed by atoms with E-state index >= 15 is 0 Å². The van der Waals surface area contributed by atoms with Gasteiger partial charge in [0.1, 0.15) is 0 Å². The van der Waals surface area contributed by atoms with Crippen LogP contribution in [0.1, 0.15) is 24.6 Å². The molecule has 1 aromatic rings. The fourth-order valence-electron chi connectivity index (χ4n) is 2.89. The Bertz CT molecular complexity index is 478. The summed E-state index contributed by atoms with van der Waals surface area (Å²) >= 11 is 0. The van der Waals surface area contributed by atoms with E-state index in [0.717, 1.165) is 32.6 Å². The first kappa shape index (κ1) is 11.8. The van der Waals surface area contributed by atoms with Gasteiger partial charge in [-0.25, -0.2) is 0 Å². The summed E-state index contributed by atoms with van der Waals surface area (Å²) in [6.45, 7) is 6.67. The molecule has 0 atom stereocenters. The van der Waals surface area contributed by atoms with Crippen molar-refractivity contribution in [3.05, 3.63) is 16.8 Å². The fourth-order valence-corrected chi connectivity index (χ4v) is 2.89. The van der Waals surface area contributed by atoms with Gasteiger partial charge in [0.15, 0.2) is 5.82 Å². The zero-order valence-corrected chi connectivity index (χ0v) is 11.6. The minimum atomic E-state index is 1.09. The van der Waals surface area contributed by atoms with Gasteiger partial charge in [-0.1, -0.05) is 11.6 Å².